The highest BCUT2D eigenvalue weighted by Crippen LogP contribution is 2.34. The van der Waals surface area contributed by atoms with Gasteiger partial charge in [-0.05, 0) is 75.9 Å². The summed E-state index contributed by atoms with van der Waals surface area (Å²) in [7, 11) is 0. The van der Waals surface area contributed by atoms with E-state index in [1.807, 2.05) is 45.0 Å². The van der Waals surface area contributed by atoms with Crippen LogP contribution in [0.4, 0.5) is 0 Å². The Morgan fingerprint density at radius 2 is 1.14 bits per heavy atom. The summed E-state index contributed by atoms with van der Waals surface area (Å²) in [5.41, 5.74) is 1.54. The highest BCUT2D eigenvalue weighted by molar-refractivity contribution is 5.77. The fourth-order valence-corrected chi connectivity index (χ4v) is 2.98. The Bertz CT molecular complexity index is 805. The summed E-state index contributed by atoms with van der Waals surface area (Å²) < 4.78 is 11.7. The van der Waals surface area contributed by atoms with Crippen molar-refractivity contribution in [3.8, 4) is 11.5 Å². The molecule has 0 spiro atoms. The van der Waals surface area contributed by atoms with Crippen LogP contribution in [0.15, 0.2) is 48.5 Å². The van der Waals surface area contributed by atoms with Crippen LogP contribution in [-0.4, -0.2) is 11.6 Å². The molecule has 0 aliphatic rings. The fourth-order valence-electron chi connectivity index (χ4n) is 2.98. The molecule has 0 heterocycles. The number of esters is 1. The van der Waals surface area contributed by atoms with Gasteiger partial charge in [-0.2, -0.15) is 0 Å². The van der Waals surface area contributed by atoms with Crippen LogP contribution in [0.25, 0.3) is 0 Å². The maximum absolute atomic E-state index is 12.1. The van der Waals surface area contributed by atoms with Gasteiger partial charge in [0.1, 0.15) is 17.1 Å². The SMILES string of the molecule is CCC(C)(CC)Oc1ccc(C(C)(C)c2ccc(OC(=O)C(C)(C)C)cc2)cc1. The van der Waals surface area contributed by atoms with Gasteiger partial charge in [0, 0.05) is 5.41 Å². The minimum absolute atomic E-state index is 0.128. The van der Waals surface area contributed by atoms with E-state index in [1.165, 1.54) is 5.56 Å². The van der Waals surface area contributed by atoms with E-state index >= 15 is 0 Å². The lowest BCUT2D eigenvalue weighted by atomic mass is 9.78. The van der Waals surface area contributed by atoms with E-state index in [2.05, 4.69) is 58.9 Å². The minimum Gasteiger partial charge on any atom is -0.488 e. The monoisotopic (exact) mass is 396 g/mol. The molecule has 0 radical (unpaired) electrons. The van der Waals surface area contributed by atoms with E-state index in [0.717, 1.165) is 24.2 Å². The lowest BCUT2D eigenvalue weighted by Crippen LogP contribution is -2.30. The first-order valence-electron chi connectivity index (χ1n) is 10.5. The van der Waals surface area contributed by atoms with Gasteiger partial charge in [-0.25, -0.2) is 0 Å². The van der Waals surface area contributed by atoms with Crippen molar-refractivity contribution in [2.75, 3.05) is 0 Å². The number of ether oxygens (including phenoxy) is 2. The highest BCUT2D eigenvalue weighted by atomic mass is 16.5. The van der Waals surface area contributed by atoms with Crippen LogP contribution in [-0.2, 0) is 10.2 Å². The van der Waals surface area contributed by atoms with Crippen molar-refractivity contribution in [2.45, 2.75) is 79.2 Å². The molecule has 158 valence electrons. The van der Waals surface area contributed by atoms with Gasteiger partial charge in [0.05, 0.1) is 5.41 Å². The maximum Gasteiger partial charge on any atom is 0.316 e. The molecule has 0 aliphatic heterocycles. The molecular weight excluding hydrogens is 360 g/mol. The zero-order chi connectivity index (χ0) is 21.9. The Morgan fingerprint density at radius 1 is 0.724 bits per heavy atom. The summed E-state index contributed by atoms with van der Waals surface area (Å²) in [5, 5.41) is 0. The van der Waals surface area contributed by atoms with E-state index in [0.29, 0.717) is 5.75 Å². The molecule has 3 nitrogen and oxygen atoms in total. The van der Waals surface area contributed by atoms with Crippen molar-refractivity contribution in [1.82, 2.24) is 0 Å². The van der Waals surface area contributed by atoms with Crippen LogP contribution >= 0.6 is 0 Å². The molecule has 2 rings (SSSR count). The molecule has 29 heavy (non-hydrogen) atoms. The smallest absolute Gasteiger partial charge is 0.316 e. The largest absolute Gasteiger partial charge is 0.488 e. The van der Waals surface area contributed by atoms with E-state index in [1.54, 1.807) is 0 Å². The minimum atomic E-state index is -0.520. The molecule has 0 saturated carbocycles. The molecule has 0 saturated heterocycles. The molecule has 0 bridgehead atoms. The summed E-state index contributed by atoms with van der Waals surface area (Å²) >= 11 is 0. The van der Waals surface area contributed by atoms with Crippen molar-refractivity contribution in [2.24, 2.45) is 5.41 Å². The molecule has 0 aliphatic carbocycles. The lowest BCUT2D eigenvalue weighted by molar-refractivity contribution is -0.142. The topological polar surface area (TPSA) is 35.5 Å². The predicted octanol–water partition coefficient (Wildman–Crippen LogP) is 6.92. The van der Waals surface area contributed by atoms with E-state index in [9.17, 15) is 4.79 Å². The summed E-state index contributed by atoms with van der Waals surface area (Å²) in [6, 6.07) is 16.2. The van der Waals surface area contributed by atoms with Crippen LogP contribution in [0, 0.1) is 5.41 Å². The average Bonchev–Trinajstić information content (AvgIpc) is 2.68. The summed E-state index contributed by atoms with van der Waals surface area (Å²) in [6.45, 7) is 16.4. The molecule has 0 atom stereocenters. The van der Waals surface area contributed by atoms with Gasteiger partial charge in [-0.3, -0.25) is 4.79 Å². The number of rotatable bonds is 7. The molecule has 0 fully saturated rings. The van der Waals surface area contributed by atoms with Crippen molar-refractivity contribution in [3.63, 3.8) is 0 Å². The molecule has 2 aromatic rings. The lowest BCUT2D eigenvalue weighted by Gasteiger charge is -2.30. The third-order valence-electron chi connectivity index (χ3n) is 5.83. The third-order valence-corrected chi connectivity index (χ3v) is 5.83. The summed E-state index contributed by atoms with van der Waals surface area (Å²) in [5.74, 6) is 1.25. The zero-order valence-corrected chi connectivity index (χ0v) is 19.3. The van der Waals surface area contributed by atoms with Gasteiger partial charge >= 0.3 is 5.97 Å². The van der Waals surface area contributed by atoms with E-state index in [4.69, 9.17) is 9.47 Å². The second-order valence-corrected chi connectivity index (χ2v) is 9.57. The Hall–Kier alpha value is -2.29. The normalized spacial score (nSPS) is 12.6. The molecule has 2 aromatic carbocycles. The van der Waals surface area contributed by atoms with Crippen molar-refractivity contribution >= 4 is 5.97 Å². The number of benzene rings is 2. The fraction of sp³-hybridized carbons (Fsp3) is 0.500. The molecule has 0 amide bonds. The summed E-state index contributed by atoms with van der Waals surface area (Å²) in [6.07, 6.45) is 1.95. The second-order valence-electron chi connectivity index (χ2n) is 9.57. The standard InChI is InChI=1S/C26H36O3/c1-9-26(8,10-2)29-22-17-13-20(14-18-22)25(6,7)19-11-15-21(16-12-19)28-23(27)24(3,4)5/h11-18H,9-10H2,1-8H3. The average molecular weight is 397 g/mol. The van der Waals surface area contributed by atoms with Gasteiger partial charge in [-0.15, -0.1) is 0 Å². The van der Waals surface area contributed by atoms with Gasteiger partial charge in [0.15, 0.2) is 0 Å². The second kappa shape index (κ2) is 8.61. The number of carbonyl (C=O) groups excluding carboxylic acids is 1. The molecule has 0 unspecified atom stereocenters. The van der Waals surface area contributed by atoms with Crippen LogP contribution in [0.2, 0.25) is 0 Å². The number of hydrogen-bond donors (Lipinski definition) is 0. The van der Waals surface area contributed by atoms with Crippen LogP contribution in [0.3, 0.4) is 0 Å². The number of carbonyl (C=O) groups is 1. The quantitative estimate of drug-likeness (QED) is 0.376. The van der Waals surface area contributed by atoms with Crippen molar-refractivity contribution < 1.29 is 14.3 Å². The van der Waals surface area contributed by atoms with Gasteiger partial charge < -0.3 is 9.47 Å². The summed E-state index contributed by atoms with van der Waals surface area (Å²) in [4.78, 5) is 12.1. The Morgan fingerprint density at radius 3 is 1.52 bits per heavy atom. The Labute approximate surface area is 176 Å². The predicted molar refractivity (Wildman–Crippen MR) is 120 cm³/mol. The van der Waals surface area contributed by atoms with Crippen LogP contribution in [0.1, 0.15) is 79.4 Å². The maximum atomic E-state index is 12.1. The first-order valence-corrected chi connectivity index (χ1v) is 10.5. The van der Waals surface area contributed by atoms with Gasteiger partial charge in [0.25, 0.3) is 0 Å². The third kappa shape index (κ3) is 5.62. The highest BCUT2D eigenvalue weighted by Gasteiger charge is 2.26. The van der Waals surface area contributed by atoms with Gasteiger partial charge in [0.2, 0.25) is 0 Å². The first kappa shape index (κ1) is 23.0. The zero-order valence-electron chi connectivity index (χ0n) is 19.3. The van der Waals surface area contributed by atoms with E-state index in [-0.39, 0.29) is 17.0 Å². The Balaban J connectivity index is 2.17. The molecule has 3 heteroatoms. The molecule has 0 N–H and O–H groups in total. The van der Waals surface area contributed by atoms with Crippen molar-refractivity contribution in [3.05, 3.63) is 59.7 Å². The molecule has 0 aromatic heterocycles. The molecular formula is C26H36O3. The first-order chi connectivity index (χ1) is 13.4. The Kier molecular flexibility index (Phi) is 6.82. The number of hydrogen-bond acceptors (Lipinski definition) is 3. The van der Waals surface area contributed by atoms with Gasteiger partial charge in [-0.1, -0.05) is 52.0 Å². The van der Waals surface area contributed by atoms with Crippen LogP contribution in [0.5, 0.6) is 11.5 Å². The van der Waals surface area contributed by atoms with Crippen LogP contribution < -0.4 is 9.47 Å². The van der Waals surface area contributed by atoms with E-state index < -0.39 is 5.41 Å². The van der Waals surface area contributed by atoms with Crippen molar-refractivity contribution in [1.29, 1.82) is 0 Å².